The maximum Gasteiger partial charge on any atom is 0.410 e. The van der Waals surface area contributed by atoms with Crippen LogP contribution in [0.15, 0.2) is 28.7 Å². The number of benzene rings is 1. The highest BCUT2D eigenvalue weighted by molar-refractivity contribution is 9.10. The number of amides is 1. The molecule has 5 nitrogen and oxygen atoms in total. The third kappa shape index (κ3) is 6.69. The van der Waals surface area contributed by atoms with Crippen molar-refractivity contribution in [2.75, 3.05) is 13.1 Å². The van der Waals surface area contributed by atoms with Crippen molar-refractivity contribution in [2.45, 2.75) is 65.6 Å². The molecule has 1 aromatic carbocycles. The number of hydrogen-bond donors (Lipinski definition) is 0. The molecule has 0 unspecified atom stereocenters. The molecule has 1 saturated heterocycles. The third-order valence-corrected chi connectivity index (χ3v) is 6.74. The standard InChI is InChI=1S/C24H32BrNO4S/c1-23(2,3)29-21(27)19(13-18-12-16-11-17(25)7-8-20(16)31-18)15-9-10-26(14-15)22(28)30-24(4,5)6/h7-8,11-12,15,19H,9-10,13-14H2,1-6H3/t15-,19-/m0/s1. The summed E-state index contributed by atoms with van der Waals surface area (Å²) in [7, 11) is 0. The maximum atomic E-state index is 13.2. The molecule has 2 aromatic rings. The van der Waals surface area contributed by atoms with Crippen LogP contribution in [0, 0.1) is 11.8 Å². The molecule has 0 radical (unpaired) electrons. The van der Waals surface area contributed by atoms with Gasteiger partial charge in [0, 0.05) is 27.1 Å². The number of thiophene rings is 1. The lowest BCUT2D eigenvalue weighted by molar-refractivity contribution is -0.161. The minimum Gasteiger partial charge on any atom is -0.460 e. The SMILES string of the molecule is CC(C)(C)OC(=O)[C@@H](Cc1cc2cc(Br)ccc2s1)[C@H]1CCN(C(=O)OC(C)(C)C)C1. The van der Waals surface area contributed by atoms with Crippen molar-refractivity contribution in [1.82, 2.24) is 4.90 Å². The van der Waals surface area contributed by atoms with Gasteiger partial charge in [-0.25, -0.2) is 4.79 Å². The van der Waals surface area contributed by atoms with Crippen molar-refractivity contribution in [3.63, 3.8) is 0 Å². The summed E-state index contributed by atoms with van der Waals surface area (Å²) < 4.78 is 13.5. The first-order chi connectivity index (χ1) is 14.3. The highest BCUT2D eigenvalue weighted by atomic mass is 79.9. The molecule has 0 bridgehead atoms. The predicted octanol–water partition coefficient (Wildman–Crippen LogP) is 6.42. The van der Waals surface area contributed by atoms with Gasteiger partial charge < -0.3 is 14.4 Å². The summed E-state index contributed by atoms with van der Waals surface area (Å²) in [5, 5.41) is 1.17. The van der Waals surface area contributed by atoms with Crippen molar-refractivity contribution in [1.29, 1.82) is 0 Å². The summed E-state index contributed by atoms with van der Waals surface area (Å²) in [5.74, 6) is -0.454. The molecule has 0 saturated carbocycles. The lowest BCUT2D eigenvalue weighted by Crippen LogP contribution is -2.38. The van der Waals surface area contributed by atoms with Crippen LogP contribution in [-0.2, 0) is 20.7 Å². The average molecular weight is 510 g/mol. The predicted molar refractivity (Wildman–Crippen MR) is 128 cm³/mol. The molecule has 1 amide bonds. The van der Waals surface area contributed by atoms with Gasteiger partial charge in [-0.1, -0.05) is 15.9 Å². The molecule has 1 aliphatic heterocycles. The summed E-state index contributed by atoms with van der Waals surface area (Å²) >= 11 is 5.23. The normalized spacial score (nSPS) is 18.3. The fourth-order valence-corrected chi connectivity index (χ4v) is 5.30. The lowest BCUT2D eigenvalue weighted by Gasteiger charge is -2.28. The van der Waals surface area contributed by atoms with Crippen LogP contribution >= 0.6 is 27.3 Å². The Labute approximate surface area is 197 Å². The molecule has 0 spiro atoms. The van der Waals surface area contributed by atoms with E-state index in [1.54, 1.807) is 16.2 Å². The highest BCUT2D eigenvalue weighted by Gasteiger charge is 2.39. The van der Waals surface area contributed by atoms with Gasteiger partial charge in [0.25, 0.3) is 0 Å². The van der Waals surface area contributed by atoms with Gasteiger partial charge >= 0.3 is 12.1 Å². The van der Waals surface area contributed by atoms with Crippen LogP contribution < -0.4 is 0 Å². The molecular formula is C24H32BrNO4S. The van der Waals surface area contributed by atoms with E-state index in [2.05, 4.69) is 34.1 Å². The van der Waals surface area contributed by atoms with Gasteiger partial charge in [-0.05, 0) is 90.0 Å². The van der Waals surface area contributed by atoms with Crippen molar-refractivity contribution < 1.29 is 19.1 Å². The zero-order valence-corrected chi connectivity index (χ0v) is 21.6. The average Bonchev–Trinajstić information content (AvgIpc) is 3.22. The Morgan fingerprint density at radius 2 is 1.81 bits per heavy atom. The number of esters is 1. The Morgan fingerprint density at radius 1 is 1.13 bits per heavy atom. The van der Waals surface area contributed by atoms with Crippen molar-refractivity contribution >= 4 is 49.4 Å². The zero-order chi connectivity index (χ0) is 23.0. The quantitative estimate of drug-likeness (QED) is 0.446. The van der Waals surface area contributed by atoms with E-state index in [0.29, 0.717) is 19.5 Å². The van der Waals surface area contributed by atoms with Gasteiger partial charge in [-0.15, -0.1) is 11.3 Å². The second-order valence-electron chi connectivity index (χ2n) is 10.2. The fourth-order valence-electron chi connectivity index (χ4n) is 3.81. The summed E-state index contributed by atoms with van der Waals surface area (Å²) in [5.41, 5.74) is -1.09. The molecule has 0 aliphatic carbocycles. The van der Waals surface area contributed by atoms with Crippen molar-refractivity contribution in [3.8, 4) is 0 Å². The van der Waals surface area contributed by atoms with Gasteiger partial charge in [-0.2, -0.15) is 0 Å². The first-order valence-electron chi connectivity index (χ1n) is 10.7. The van der Waals surface area contributed by atoms with Crippen LogP contribution in [0.4, 0.5) is 4.79 Å². The van der Waals surface area contributed by atoms with Gasteiger partial charge in [0.1, 0.15) is 11.2 Å². The molecule has 1 fully saturated rings. The van der Waals surface area contributed by atoms with Gasteiger partial charge in [0.2, 0.25) is 0 Å². The van der Waals surface area contributed by atoms with E-state index in [1.807, 2.05) is 47.6 Å². The number of likely N-dealkylation sites (tertiary alicyclic amines) is 1. The lowest BCUT2D eigenvalue weighted by atomic mass is 9.88. The van der Waals surface area contributed by atoms with Crippen LogP contribution in [0.5, 0.6) is 0 Å². The van der Waals surface area contributed by atoms with E-state index in [0.717, 1.165) is 15.8 Å². The van der Waals surface area contributed by atoms with E-state index in [-0.39, 0.29) is 23.9 Å². The van der Waals surface area contributed by atoms with Gasteiger partial charge in [0.05, 0.1) is 5.92 Å². The topological polar surface area (TPSA) is 55.8 Å². The Bertz CT molecular complexity index is 957. The van der Waals surface area contributed by atoms with Gasteiger partial charge in [0.15, 0.2) is 0 Å². The minimum atomic E-state index is -0.552. The second kappa shape index (κ2) is 9.10. The van der Waals surface area contributed by atoms with Crippen LogP contribution in [0.1, 0.15) is 52.8 Å². The van der Waals surface area contributed by atoms with E-state index in [9.17, 15) is 9.59 Å². The Hall–Kier alpha value is -1.60. The van der Waals surface area contributed by atoms with Crippen molar-refractivity contribution in [3.05, 3.63) is 33.6 Å². The minimum absolute atomic E-state index is 0.0410. The molecule has 2 atom stereocenters. The molecule has 3 rings (SSSR count). The Balaban J connectivity index is 1.79. The molecule has 31 heavy (non-hydrogen) atoms. The van der Waals surface area contributed by atoms with E-state index in [4.69, 9.17) is 9.47 Å². The molecular weight excluding hydrogens is 478 g/mol. The molecule has 1 aromatic heterocycles. The number of nitrogens with zero attached hydrogens (tertiary/aromatic N) is 1. The number of hydrogen-bond acceptors (Lipinski definition) is 5. The monoisotopic (exact) mass is 509 g/mol. The van der Waals surface area contributed by atoms with Gasteiger partial charge in [-0.3, -0.25) is 4.79 Å². The summed E-state index contributed by atoms with van der Waals surface area (Å²) in [6.07, 6.45) is 1.06. The first-order valence-corrected chi connectivity index (χ1v) is 12.3. The molecule has 7 heteroatoms. The molecule has 1 aliphatic rings. The number of rotatable bonds is 4. The largest absolute Gasteiger partial charge is 0.460 e. The van der Waals surface area contributed by atoms with E-state index in [1.165, 1.54) is 10.1 Å². The summed E-state index contributed by atoms with van der Waals surface area (Å²) in [6.45, 7) is 12.4. The van der Waals surface area contributed by atoms with E-state index >= 15 is 0 Å². The Kier molecular flexibility index (Phi) is 7.06. The fraction of sp³-hybridized carbons (Fsp3) is 0.583. The van der Waals surface area contributed by atoms with E-state index < -0.39 is 11.2 Å². The number of halogens is 1. The third-order valence-electron chi connectivity index (χ3n) is 5.11. The Morgan fingerprint density at radius 3 is 2.45 bits per heavy atom. The number of carbonyl (C=O) groups is 2. The number of carbonyl (C=O) groups excluding carboxylic acids is 2. The smallest absolute Gasteiger partial charge is 0.410 e. The van der Waals surface area contributed by atoms with Crippen LogP contribution in [0.2, 0.25) is 0 Å². The number of ether oxygens (including phenoxy) is 2. The first kappa shape index (κ1) is 24.1. The molecule has 2 heterocycles. The maximum absolute atomic E-state index is 13.2. The number of fused-ring (bicyclic) bond motifs is 1. The molecule has 170 valence electrons. The zero-order valence-electron chi connectivity index (χ0n) is 19.2. The van der Waals surface area contributed by atoms with Crippen LogP contribution in [0.3, 0.4) is 0 Å². The summed E-state index contributed by atoms with van der Waals surface area (Å²) in [4.78, 5) is 28.6. The van der Waals surface area contributed by atoms with Crippen LogP contribution in [0.25, 0.3) is 10.1 Å². The second-order valence-corrected chi connectivity index (χ2v) is 12.3. The molecule has 0 N–H and O–H groups in total. The highest BCUT2D eigenvalue weighted by Crippen LogP contribution is 2.35. The van der Waals surface area contributed by atoms with Crippen molar-refractivity contribution in [2.24, 2.45) is 11.8 Å². The van der Waals surface area contributed by atoms with Crippen LogP contribution in [-0.4, -0.2) is 41.3 Å². The summed E-state index contributed by atoms with van der Waals surface area (Å²) in [6, 6.07) is 8.37.